The molecule has 1 aliphatic rings. The van der Waals surface area contributed by atoms with Crippen LogP contribution in [0, 0.1) is 13.8 Å². The van der Waals surface area contributed by atoms with Crippen LogP contribution in [0.4, 0.5) is 23.7 Å². The minimum absolute atomic E-state index is 0.0360. The standard InChI is InChI=1S/C26H25F3N4O2S/c1-15-13-30-11-9-21(15)17(3)25(18(4)22-10-12-31-14-16(22)2)23(34)33(24(35)32-25)19-5-7-20(8-6-19)36-26(27,28)29/h5-14,17-18H,1-4H3,(H,32,35). The maximum atomic E-state index is 14.2. The van der Waals surface area contributed by atoms with Crippen LogP contribution in [0.15, 0.2) is 66.1 Å². The molecular weight excluding hydrogens is 489 g/mol. The van der Waals surface area contributed by atoms with Gasteiger partial charge in [0.2, 0.25) is 0 Å². The minimum atomic E-state index is -4.44. The van der Waals surface area contributed by atoms with E-state index in [9.17, 15) is 22.8 Å². The van der Waals surface area contributed by atoms with Gasteiger partial charge < -0.3 is 5.32 Å². The second kappa shape index (κ2) is 9.57. The first-order valence-electron chi connectivity index (χ1n) is 11.3. The van der Waals surface area contributed by atoms with Crippen LogP contribution in [0.5, 0.6) is 0 Å². The van der Waals surface area contributed by atoms with Crippen molar-refractivity contribution in [3.05, 3.63) is 83.4 Å². The summed E-state index contributed by atoms with van der Waals surface area (Å²) in [5.41, 5.74) is -2.15. The number of rotatable bonds is 6. The van der Waals surface area contributed by atoms with Gasteiger partial charge in [-0.25, -0.2) is 9.69 Å². The molecule has 6 nitrogen and oxygen atoms in total. The van der Waals surface area contributed by atoms with Gasteiger partial charge in [0, 0.05) is 41.5 Å². The number of carbonyl (C=O) groups is 2. The van der Waals surface area contributed by atoms with E-state index in [0.29, 0.717) is 0 Å². The van der Waals surface area contributed by atoms with Gasteiger partial charge in [-0.1, -0.05) is 13.8 Å². The Morgan fingerprint density at radius 3 is 1.83 bits per heavy atom. The lowest BCUT2D eigenvalue weighted by Crippen LogP contribution is -2.55. The van der Waals surface area contributed by atoms with Gasteiger partial charge in [-0.15, -0.1) is 0 Å². The molecule has 1 aliphatic heterocycles. The predicted octanol–water partition coefficient (Wildman–Crippen LogP) is 6.11. The van der Waals surface area contributed by atoms with Crippen molar-refractivity contribution in [2.24, 2.45) is 0 Å². The first-order chi connectivity index (χ1) is 17.0. The predicted molar refractivity (Wildman–Crippen MR) is 132 cm³/mol. The van der Waals surface area contributed by atoms with Gasteiger partial charge in [0.1, 0.15) is 5.54 Å². The molecule has 1 aromatic carbocycles. The lowest BCUT2D eigenvalue weighted by Gasteiger charge is -2.39. The fourth-order valence-electron chi connectivity index (χ4n) is 4.99. The van der Waals surface area contributed by atoms with E-state index < -0.39 is 34.8 Å². The summed E-state index contributed by atoms with van der Waals surface area (Å²) in [4.78, 5) is 36.9. The van der Waals surface area contributed by atoms with Crippen LogP contribution >= 0.6 is 11.8 Å². The molecule has 0 aliphatic carbocycles. The van der Waals surface area contributed by atoms with Crippen LogP contribution < -0.4 is 10.2 Å². The number of thioether (sulfide) groups is 1. The molecule has 188 valence electrons. The number of nitrogens with zero attached hydrogens (tertiary/aromatic N) is 3. The van der Waals surface area contributed by atoms with Crippen molar-refractivity contribution in [2.45, 2.75) is 55.5 Å². The van der Waals surface area contributed by atoms with Crippen molar-refractivity contribution in [1.29, 1.82) is 0 Å². The Hall–Kier alpha value is -3.40. The number of alkyl halides is 3. The van der Waals surface area contributed by atoms with E-state index in [4.69, 9.17) is 0 Å². The lowest BCUT2D eigenvalue weighted by atomic mass is 9.68. The number of aryl methyl sites for hydroxylation is 2. The molecule has 0 bridgehead atoms. The summed E-state index contributed by atoms with van der Waals surface area (Å²) < 4.78 is 38.3. The first kappa shape index (κ1) is 25.7. The molecule has 4 rings (SSSR count). The summed E-state index contributed by atoms with van der Waals surface area (Å²) in [5, 5.41) is 2.98. The Morgan fingerprint density at radius 1 is 0.889 bits per heavy atom. The molecule has 0 saturated carbocycles. The van der Waals surface area contributed by atoms with Gasteiger partial charge in [0.25, 0.3) is 5.91 Å². The Morgan fingerprint density at radius 2 is 1.39 bits per heavy atom. The van der Waals surface area contributed by atoms with E-state index in [0.717, 1.165) is 27.2 Å². The van der Waals surface area contributed by atoms with E-state index in [-0.39, 0.29) is 22.3 Å². The van der Waals surface area contributed by atoms with Crippen molar-refractivity contribution >= 4 is 29.4 Å². The summed E-state index contributed by atoms with van der Waals surface area (Å²) in [6.07, 6.45) is 6.70. The molecule has 10 heteroatoms. The van der Waals surface area contributed by atoms with Gasteiger partial charge >= 0.3 is 11.5 Å². The van der Waals surface area contributed by atoms with Crippen molar-refractivity contribution in [3.8, 4) is 0 Å². The normalized spacial score (nSPS) is 19.8. The molecular formula is C26H25F3N4O2S. The average molecular weight is 515 g/mol. The van der Waals surface area contributed by atoms with E-state index in [2.05, 4.69) is 15.3 Å². The third kappa shape index (κ3) is 4.57. The number of halogens is 3. The molecule has 3 heterocycles. The van der Waals surface area contributed by atoms with Crippen LogP contribution in [0.1, 0.15) is 47.9 Å². The van der Waals surface area contributed by atoms with Gasteiger partial charge in [-0.3, -0.25) is 14.8 Å². The van der Waals surface area contributed by atoms with Crippen molar-refractivity contribution in [1.82, 2.24) is 15.3 Å². The zero-order chi connectivity index (χ0) is 26.3. The molecule has 1 saturated heterocycles. The highest BCUT2D eigenvalue weighted by molar-refractivity contribution is 8.00. The van der Waals surface area contributed by atoms with Crippen LogP contribution in [0.3, 0.4) is 0 Å². The van der Waals surface area contributed by atoms with Gasteiger partial charge in [-0.2, -0.15) is 13.2 Å². The fraction of sp³-hybridized carbons (Fsp3) is 0.308. The van der Waals surface area contributed by atoms with E-state index in [1.165, 1.54) is 24.3 Å². The van der Waals surface area contributed by atoms with E-state index in [1.54, 1.807) is 24.8 Å². The van der Waals surface area contributed by atoms with Crippen LogP contribution in [0.2, 0.25) is 0 Å². The topological polar surface area (TPSA) is 75.2 Å². The second-order valence-electron chi connectivity index (χ2n) is 8.89. The molecule has 2 atom stereocenters. The Labute approximate surface area is 211 Å². The van der Waals surface area contributed by atoms with Crippen molar-refractivity contribution in [3.63, 3.8) is 0 Å². The van der Waals surface area contributed by atoms with E-state index in [1.807, 2.05) is 39.8 Å². The van der Waals surface area contributed by atoms with Crippen LogP contribution in [0.25, 0.3) is 0 Å². The summed E-state index contributed by atoms with van der Waals surface area (Å²) in [6, 6.07) is 8.24. The number of imide groups is 1. The number of nitrogens with one attached hydrogen (secondary N) is 1. The highest BCUT2D eigenvalue weighted by Crippen LogP contribution is 2.46. The summed E-state index contributed by atoms with van der Waals surface area (Å²) in [5.74, 6) is -1.38. The highest BCUT2D eigenvalue weighted by atomic mass is 32.2. The summed E-state index contributed by atoms with van der Waals surface area (Å²) >= 11 is -0.255. The maximum absolute atomic E-state index is 14.2. The number of carbonyl (C=O) groups excluding carboxylic acids is 2. The number of hydrogen-bond donors (Lipinski definition) is 1. The number of benzene rings is 1. The smallest absolute Gasteiger partial charge is 0.322 e. The maximum Gasteiger partial charge on any atom is 0.446 e. The Kier molecular flexibility index (Phi) is 6.83. The SMILES string of the molecule is Cc1cnccc1C(C)C1(C(C)c2ccncc2C)NC(=O)N(c2ccc(SC(F)(F)F)cc2)C1=O. The molecule has 1 N–H and O–H groups in total. The number of hydrogen-bond acceptors (Lipinski definition) is 5. The van der Waals surface area contributed by atoms with Gasteiger partial charge in [0.15, 0.2) is 0 Å². The van der Waals surface area contributed by atoms with Crippen molar-refractivity contribution in [2.75, 3.05) is 4.90 Å². The second-order valence-corrected chi connectivity index (χ2v) is 10.0. The molecule has 36 heavy (non-hydrogen) atoms. The molecule has 3 aromatic rings. The number of aromatic nitrogens is 2. The molecule has 2 aromatic heterocycles. The summed E-state index contributed by atoms with van der Waals surface area (Å²) in [7, 11) is 0. The fourth-order valence-corrected chi connectivity index (χ4v) is 5.53. The zero-order valence-electron chi connectivity index (χ0n) is 20.1. The quantitative estimate of drug-likeness (QED) is 0.317. The number of pyridine rings is 2. The lowest BCUT2D eigenvalue weighted by molar-refractivity contribution is -0.123. The monoisotopic (exact) mass is 514 g/mol. The Bertz CT molecular complexity index is 1250. The Balaban J connectivity index is 1.81. The van der Waals surface area contributed by atoms with E-state index >= 15 is 0 Å². The molecule has 3 amide bonds. The molecule has 0 radical (unpaired) electrons. The zero-order valence-corrected chi connectivity index (χ0v) is 20.9. The minimum Gasteiger partial charge on any atom is -0.322 e. The van der Waals surface area contributed by atoms with Gasteiger partial charge in [0.05, 0.1) is 5.69 Å². The third-order valence-electron chi connectivity index (χ3n) is 6.83. The first-order valence-corrected chi connectivity index (χ1v) is 12.1. The number of anilines is 1. The van der Waals surface area contributed by atoms with Crippen LogP contribution in [-0.2, 0) is 4.79 Å². The molecule has 1 fully saturated rings. The molecule has 2 unspecified atom stereocenters. The van der Waals surface area contributed by atoms with Gasteiger partial charge in [-0.05, 0) is 84.3 Å². The van der Waals surface area contributed by atoms with Crippen LogP contribution in [-0.4, -0.2) is 33.0 Å². The third-order valence-corrected chi connectivity index (χ3v) is 7.57. The highest BCUT2D eigenvalue weighted by Gasteiger charge is 2.59. The molecule has 0 spiro atoms. The largest absolute Gasteiger partial charge is 0.446 e. The number of amides is 3. The van der Waals surface area contributed by atoms with Crippen molar-refractivity contribution < 1.29 is 22.8 Å². The average Bonchev–Trinajstić information content (AvgIpc) is 3.09. The summed E-state index contributed by atoms with van der Waals surface area (Å²) in [6.45, 7) is 7.57. The number of urea groups is 1.